The van der Waals surface area contributed by atoms with Gasteiger partial charge in [0.05, 0.1) is 24.0 Å². The average Bonchev–Trinajstić information content (AvgIpc) is 2.75. The molecular weight excluding hydrogens is 198 g/mol. The van der Waals surface area contributed by atoms with Crippen molar-refractivity contribution in [2.45, 2.75) is 18.1 Å². The Kier molecular flexibility index (Phi) is 1.39. The lowest BCUT2D eigenvalue weighted by atomic mass is 9.73. The van der Waals surface area contributed by atoms with Crippen molar-refractivity contribution in [3.8, 4) is 0 Å². The Morgan fingerprint density at radius 1 is 1.40 bits per heavy atom. The van der Waals surface area contributed by atoms with Crippen LogP contribution in [0, 0.1) is 11.8 Å². The van der Waals surface area contributed by atoms with Gasteiger partial charge in [-0.25, -0.2) is 0 Å². The summed E-state index contributed by atoms with van der Waals surface area (Å²) >= 11 is 0. The summed E-state index contributed by atoms with van der Waals surface area (Å²) in [5.41, 5.74) is -1.74. The second-order valence-corrected chi connectivity index (χ2v) is 4.54. The molecule has 0 radical (unpaired) electrons. The van der Waals surface area contributed by atoms with Crippen LogP contribution in [0.1, 0.15) is 6.92 Å². The van der Waals surface area contributed by atoms with Crippen molar-refractivity contribution in [3.05, 3.63) is 12.2 Å². The lowest BCUT2D eigenvalue weighted by Gasteiger charge is -2.24. The molecule has 2 bridgehead atoms. The third-order valence-corrected chi connectivity index (χ3v) is 3.64. The van der Waals surface area contributed by atoms with E-state index in [9.17, 15) is 14.7 Å². The molecule has 2 N–H and O–H groups in total. The number of nitrogens with one attached hydrogen (secondary N) is 1. The third-order valence-electron chi connectivity index (χ3n) is 3.64. The Labute approximate surface area is 86.1 Å². The van der Waals surface area contributed by atoms with Crippen LogP contribution in [0.2, 0.25) is 0 Å². The van der Waals surface area contributed by atoms with Gasteiger partial charge in [-0.05, 0) is 6.92 Å². The maximum absolute atomic E-state index is 11.6. The minimum absolute atomic E-state index is 0.277. The van der Waals surface area contributed by atoms with Crippen LogP contribution in [0.25, 0.3) is 0 Å². The number of ether oxygens (including phenoxy) is 1. The fourth-order valence-corrected chi connectivity index (χ4v) is 2.98. The van der Waals surface area contributed by atoms with Gasteiger partial charge in [0.1, 0.15) is 5.60 Å². The zero-order valence-corrected chi connectivity index (χ0v) is 8.19. The van der Waals surface area contributed by atoms with Gasteiger partial charge in [0, 0.05) is 0 Å². The number of aliphatic hydroxyl groups excluding tert-OH is 1. The van der Waals surface area contributed by atoms with Crippen molar-refractivity contribution < 1.29 is 19.4 Å². The van der Waals surface area contributed by atoms with E-state index in [2.05, 4.69) is 5.32 Å². The number of fused-ring (bicyclic) bond motifs is 5. The highest BCUT2D eigenvalue weighted by atomic mass is 16.5. The Bertz CT molecular complexity index is 404. The molecule has 2 amide bonds. The van der Waals surface area contributed by atoms with Crippen molar-refractivity contribution in [1.82, 2.24) is 5.32 Å². The third kappa shape index (κ3) is 0.815. The van der Waals surface area contributed by atoms with Crippen LogP contribution < -0.4 is 5.32 Å². The maximum atomic E-state index is 11.6. The van der Waals surface area contributed by atoms with E-state index in [0.717, 1.165) is 0 Å². The monoisotopic (exact) mass is 209 g/mol. The van der Waals surface area contributed by atoms with Crippen LogP contribution in [0.15, 0.2) is 12.2 Å². The fraction of sp³-hybridized carbons (Fsp3) is 0.600. The number of imide groups is 1. The molecule has 0 aromatic carbocycles. The molecule has 0 spiro atoms. The van der Waals surface area contributed by atoms with Gasteiger partial charge >= 0.3 is 0 Å². The number of carbonyl (C=O) groups is 2. The summed E-state index contributed by atoms with van der Waals surface area (Å²) in [5.74, 6) is -1.72. The molecule has 3 aliphatic heterocycles. The SMILES string of the molecule is CC12C=CC(CO)(O1)C1C(=O)NC(=O)C12. The molecule has 0 aromatic heterocycles. The standard InChI is InChI=1S/C10H11NO4/c1-9-2-3-10(4-12,15-9)6-5(9)7(13)11-8(6)14/h2-3,5-6,12H,4H2,1H3,(H,11,13,14). The van der Waals surface area contributed by atoms with E-state index in [1.54, 1.807) is 19.1 Å². The highest BCUT2D eigenvalue weighted by Gasteiger charge is 2.69. The Hall–Kier alpha value is -1.20. The summed E-state index contributed by atoms with van der Waals surface area (Å²) in [6.07, 6.45) is 3.47. The molecule has 3 aliphatic rings. The molecule has 0 aliphatic carbocycles. The first kappa shape index (κ1) is 9.06. The topological polar surface area (TPSA) is 75.6 Å². The number of amides is 2. The van der Waals surface area contributed by atoms with Crippen LogP contribution in [0.3, 0.4) is 0 Å². The summed E-state index contributed by atoms with van der Waals surface area (Å²) in [4.78, 5) is 23.2. The molecule has 5 nitrogen and oxygen atoms in total. The molecule has 3 rings (SSSR count). The number of carbonyl (C=O) groups excluding carboxylic acids is 2. The second-order valence-electron chi connectivity index (χ2n) is 4.54. The van der Waals surface area contributed by atoms with Crippen LogP contribution in [-0.2, 0) is 14.3 Å². The van der Waals surface area contributed by atoms with E-state index < -0.39 is 23.0 Å². The van der Waals surface area contributed by atoms with Crippen molar-refractivity contribution >= 4 is 11.8 Å². The summed E-state index contributed by atoms with van der Waals surface area (Å²) in [6.45, 7) is 1.49. The first-order valence-corrected chi connectivity index (χ1v) is 4.88. The van der Waals surface area contributed by atoms with Crippen molar-refractivity contribution in [3.63, 3.8) is 0 Å². The van der Waals surface area contributed by atoms with E-state index in [4.69, 9.17) is 4.74 Å². The lowest BCUT2D eigenvalue weighted by Crippen LogP contribution is -2.42. The largest absolute Gasteiger partial charge is 0.393 e. The molecule has 0 saturated carbocycles. The van der Waals surface area contributed by atoms with Gasteiger partial charge in [0.2, 0.25) is 11.8 Å². The second kappa shape index (κ2) is 2.31. The predicted molar refractivity (Wildman–Crippen MR) is 48.6 cm³/mol. The Balaban J connectivity index is 2.16. The van der Waals surface area contributed by atoms with E-state index in [1.807, 2.05) is 0 Å². The van der Waals surface area contributed by atoms with Gasteiger partial charge in [-0.1, -0.05) is 12.2 Å². The van der Waals surface area contributed by atoms with Gasteiger partial charge in [-0.15, -0.1) is 0 Å². The molecular formula is C10H11NO4. The minimum atomic E-state index is -0.990. The average molecular weight is 209 g/mol. The number of hydrogen-bond acceptors (Lipinski definition) is 4. The van der Waals surface area contributed by atoms with E-state index in [1.165, 1.54) is 0 Å². The Morgan fingerprint density at radius 3 is 2.73 bits per heavy atom. The molecule has 5 heteroatoms. The van der Waals surface area contributed by atoms with E-state index in [-0.39, 0.29) is 18.4 Å². The molecule has 3 heterocycles. The van der Waals surface area contributed by atoms with Gasteiger partial charge in [0.15, 0.2) is 0 Å². The summed E-state index contributed by atoms with van der Waals surface area (Å²) in [5, 5.41) is 11.6. The maximum Gasteiger partial charge on any atom is 0.233 e. The minimum Gasteiger partial charge on any atom is -0.393 e. The van der Waals surface area contributed by atoms with E-state index >= 15 is 0 Å². The zero-order chi connectivity index (χ0) is 10.8. The fourth-order valence-electron chi connectivity index (χ4n) is 2.98. The van der Waals surface area contributed by atoms with Crippen molar-refractivity contribution in [2.24, 2.45) is 11.8 Å². The van der Waals surface area contributed by atoms with Gasteiger partial charge in [-0.2, -0.15) is 0 Å². The van der Waals surface area contributed by atoms with Crippen LogP contribution >= 0.6 is 0 Å². The Morgan fingerprint density at radius 2 is 2.07 bits per heavy atom. The molecule has 15 heavy (non-hydrogen) atoms. The highest BCUT2D eigenvalue weighted by molar-refractivity contribution is 6.07. The van der Waals surface area contributed by atoms with E-state index in [0.29, 0.717) is 0 Å². The quantitative estimate of drug-likeness (QED) is 0.427. The first-order valence-electron chi connectivity index (χ1n) is 4.88. The normalized spacial score (nSPS) is 51.1. The summed E-state index contributed by atoms with van der Waals surface area (Å²) < 4.78 is 5.66. The van der Waals surface area contributed by atoms with Crippen molar-refractivity contribution in [2.75, 3.05) is 6.61 Å². The first-order chi connectivity index (χ1) is 7.02. The highest BCUT2D eigenvalue weighted by Crippen LogP contribution is 2.55. The molecule has 2 fully saturated rings. The summed E-state index contributed by atoms with van der Waals surface area (Å²) in [6, 6.07) is 0. The van der Waals surface area contributed by atoms with Gasteiger partial charge in [0.25, 0.3) is 0 Å². The molecule has 4 atom stereocenters. The van der Waals surface area contributed by atoms with Gasteiger partial charge in [-0.3, -0.25) is 14.9 Å². The zero-order valence-electron chi connectivity index (χ0n) is 8.19. The molecule has 4 unspecified atom stereocenters. The summed E-state index contributed by atoms with van der Waals surface area (Å²) in [7, 11) is 0. The van der Waals surface area contributed by atoms with Gasteiger partial charge < -0.3 is 9.84 Å². The predicted octanol–water partition coefficient (Wildman–Crippen LogP) is -1.03. The van der Waals surface area contributed by atoms with Crippen LogP contribution in [-0.4, -0.2) is 34.7 Å². The molecule has 0 aromatic rings. The number of rotatable bonds is 1. The lowest BCUT2D eigenvalue weighted by molar-refractivity contribution is -0.134. The van der Waals surface area contributed by atoms with Crippen LogP contribution in [0.4, 0.5) is 0 Å². The molecule has 80 valence electrons. The number of aliphatic hydroxyl groups is 1. The van der Waals surface area contributed by atoms with Crippen LogP contribution in [0.5, 0.6) is 0 Å². The number of hydrogen-bond donors (Lipinski definition) is 2. The van der Waals surface area contributed by atoms with Crippen molar-refractivity contribution in [1.29, 1.82) is 0 Å². The smallest absolute Gasteiger partial charge is 0.233 e. The molecule has 2 saturated heterocycles.